The van der Waals surface area contributed by atoms with Gasteiger partial charge in [-0.05, 0) is 62.8 Å². The fraction of sp³-hybridized carbons (Fsp3) is 0.323. The van der Waals surface area contributed by atoms with E-state index in [2.05, 4.69) is 20.4 Å². The molecule has 1 aliphatic heterocycles. The molecule has 0 spiro atoms. The summed E-state index contributed by atoms with van der Waals surface area (Å²) in [4.78, 5) is 36.5. The lowest BCUT2D eigenvalue weighted by Gasteiger charge is -2.32. The number of aliphatic hydroxyl groups is 1. The molecule has 3 aromatic heterocycles. The Balaban J connectivity index is 1.19. The number of carbonyl (C=O) groups excluding carboxylic acids is 2. The van der Waals surface area contributed by atoms with Crippen molar-refractivity contribution in [1.29, 1.82) is 0 Å². The molecule has 44 heavy (non-hydrogen) atoms. The topological polar surface area (TPSA) is 139 Å². The first-order valence-electron chi connectivity index (χ1n) is 14.2. The summed E-state index contributed by atoms with van der Waals surface area (Å²) >= 11 is 5.91. The van der Waals surface area contributed by atoms with E-state index in [1.54, 1.807) is 54.4 Å². The molecular formula is C31H30ClF2N7O3. The first-order chi connectivity index (χ1) is 21.1. The third-order valence-corrected chi connectivity index (χ3v) is 8.63. The second kappa shape index (κ2) is 11.6. The monoisotopic (exact) mass is 621 g/mol. The van der Waals surface area contributed by atoms with E-state index < -0.39 is 29.5 Å². The van der Waals surface area contributed by atoms with Gasteiger partial charge >= 0.3 is 0 Å². The molecule has 1 unspecified atom stereocenters. The molecule has 1 atom stereocenters. The van der Waals surface area contributed by atoms with Crippen LogP contribution in [0.25, 0.3) is 5.82 Å². The van der Waals surface area contributed by atoms with Gasteiger partial charge < -0.3 is 21.1 Å². The number of anilines is 2. The predicted octanol–water partition coefficient (Wildman–Crippen LogP) is 4.72. The number of alkyl halides is 2. The first kappa shape index (κ1) is 29.6. The van der Waals surface area contributed by atoms with Crippen LogP contribution in [0.3, 0.4) is 0 Å². The lowest BCUT2D eigenvalue weighted by atomic mass is 9.85. The third-order valence-electron chi connectivity index (χ3n) is 8.42. The van der Waals surface area contributed by atoms with E-state index in [1.165, 1.54) is 10.7 Å². The second-order valence-electron chi connectivity index (χ2n) is 11.2. The van der Waals surface area contributed by atoms with E-state index in [4.69, 9.17) is 17.3 Å². The zero-order chi connectivity index (χ0) is 31.2. The largest absolute Gasteiger partial charge is 0.383 e. The van der Waals surface area contributed by atoms with Crippen LogP contribution in [0.15, 0.2) is 60.9 Å². The highest BCUT2D eigenvalue weighted by molar-refractivity contribution is 6.30. The third kappa shape index (κ3) is 5.07. The van der Waals surface area contributed by atoms with Gasteiger partial charge in [0.2, 0.25) is 5.60 Å². The molecule has 1 saturated carbocycles. The van der Waals surface area contributed by atoms with E-state index >= 15 is 0 Å². The molecule has 1 aliphatic carbocycles. The number of hydrogen-bond donors (Lipinski definition) is 3. The molecule has 4 heterocycles. The van der Waals surface area contributed by atoms with Gasteiger partial charge in [-0.25, -0.2) is 13.8 Å². The Bertz CT molecular complexity index is 1730. The van der Waals surface area contributed by atoms with Crippen LogP contribution in [-0.4, -0.2) is 49.3 Å². The first-order valence-corrected chi connectivity index (χ1v) is 14.6. The highest BCUT2D eigenvalue weighted by Gasteiger charge is 2.54. The van der Waals surface area contributed by atoms with Gasteiger partial charge in [-0.2, -0.15) is 9.78 Å². The number of rotatable bonds is 7. The van der Waals surface area contributed by atoms with Crippen LogP contribution in [0, 0.1) is 12.8 Å². The number of hydrogen-bond acceptors (Lipinski definition) is 7. The van der Waals surface area contributed by atoms with Gasteiger partial charge in [0.05, 0.1) is 27.5 Å². The van der Waals surface area contributed by atoms with Crippen molar-refractivity contribution in [2.24, 2.45) is 5.92 Å². The zero-order valence-corrected chi connectivity index (χ0v) is 24.5. The predicted molar refractivity (Wildman–Crippen MR) is 160 cm³/mol. The van der Waals surface area contributed by atoms with Gasteiger partial charge in [-0.1, -0.05) is 35.9 Å². The molecule has 0 radical (unpaired) electrons. The van der Waals surface area contributed by atoms with E-state index in [9.17, 15) is 23.5 Å². The summed E-state index contributed by atoms with van der Waals surface area (Å²) in [7, 11) is 0. The van der Waals surface area contributed by atoms with Crippen molar-refractivity contribution in [3.05, 3.63) is 94.0 Å². The molecule has 4 aromatic rings. The number of nitrogens with two attached hydrogens (primary N) is 1. The van der Waals surface area contributed by atoms with Gasteiger partial charge in [0.25, 0.3) is 18.2 Å². The Labute approximate surface area is 256 Å². The average molecular weight is 622 g/mol. The van der Waals surface area contributed by atoms with Crippen LogP contribution in [0.2, 0.25) is 5.02 Å². The number of nitrogen functional groups attached to an aromatic ring is 1. The van der Waals surface area contributed by atoms with Crippen LogP contribution < -0.4 is 16.0 Å². The maximum atomic E-state index is 14.1. The SMILES string of the molecule is Cc1nn(-c2ccccn2)c(N)c1C1(O)C(=O)N(C[C@H]2CC[C@H](NC(=O)c3cc(Cl)cnc3C(F)F)CC2)c2ccccc21. The van der Waals surface area contributed by atoms with Crippen LogP contribution in [-0.2, 0) is 10.4 Å². The Morgan fingerprint density at radius 3 is 2.59 bits per heavy atom. The molecule has 2 aliphatic rings. The summed E-state index contributed by atoms with van der Waals surface area (Å²) in [5.41, 5.74) is 5.26. The smallest absolute Gasteiger partial charge is 0.281 e. The summed E-state index contributed by atoms with van der Waals surface area (Å²) < 4.78 is 28.3. The second-order valence-corrected chi connectivity index (χ2v) is 11.6. The average Bonchev–Trinajstić information content (AvgIpc) is 3.44. The lowest BCUT2D eigenvalue weighted by Crippen LogP contribution is -2.45. The molecule has 0 bridgehead atoms. The summed E-state index contributed by atoms with van der Waals surface area (Å²) in [6.45, 7) is 2.04. The summed E-state index contributed by atoms with van der Waals surface area (Å²) in [6, 6.07) is 13.3. The molecule has 228 valence electrons. The number of aromatic nitrogens is 4. The Kier molecular flexibility index (Phi) is 7.80. The Morgan fingerprint density at radius 2 is 1.89 bits per heavy atom. The summed E-state index contributed by atoms with van der Waals surface area (Å²) in [5.74, 6) is -0.514. The number of para-hydroxylation sites is 1. The van der Waals surface area contributed by atoms with E-state index in [-0.39, 0.29) is 33.9 Å². The van der Waals surface area contributed by atoms with E-state index in [0.717, 1.165) is 6.20 Å². The summed E-state index contributed by atoms with van der Waals surface area (Å²) in [5, 5.41) is 19.6. The number of amides is 2. The maximum Gasteiger partial charge on any atom is 0.281 e. The van der Waals surface area contributed by atoms with Crippen molar-refractivity contribution >= 4 is 34.9 Å². The number of benzene rings is 1. The Morgan fingerprint density at radius 1 is 1.16 bits per heavy atom. The number of carbonyl (C=O) groups is 2. The van der Waals surface area contributed by atoms with Crippen molar-refractivity contribution in [3.63, 3.8) is 0 Å². The van der Waals surface area contributed by atoms with Crippen molar-refractivity contribution in [1.82, 2.24) is 25.1 Å². The normalized spacial score (nSPS) is 21.5. The molecule has 13 heteroatoms. The number of halogens is 3. The van der Waals surface area contributed by atoms with Crippen LogP contribution in [0.5, 0.6) is 0 Å². The number of aryl methyl sites for hydroxylation is 1. The molecular weight excluding hydrogens is 592 g/mol. The fourth-order valence-corrected chi connectivity index (χ4v) is 6.48. The van der Waals surface area contributed by atoms with Crippen LogP contribution in [0.4, 0.5) is 20.3 Å². The molecule has 0 saturated heterocycles. The Hall–Kier alpha value is -4.42. The molecule has 10 nitrogen and oxygen atoms in total. The van der Waals surface area contributed by atoms with Crippen LogP contribution >= 0.6 is 11.6 Å². The van der Waals surface area contributed by atoms with Gasteiger partial charge in [-0.3, -0.25) is 14.6 Å². The molecule has 4 N–H and O–H groups in total. The van der Waals surface area contributed by atoms with Crippen LogP contribution in [0.1, 0.15) is 65.0 Å². The zero-order valence-electron chi connectivity index (χ0n) is 23.8. The van der Waals surface area contributed by atoms with Crippen molar-refractivity contribution in [3.8, 4) is 5.82 Å². The highest BCUT2D eigenvalue weighted by Crippen LogP contribution is 2.48. The van der Waals surface area contributed by atoms with E-state index in [1.807, 2.05) is 6.07 Å². The minimum atomic E-state index is -2.91. The van der Waals surface area contributed by atoms with Gasteiger partial charge in [0.15, 0.2) is 5.82 Å². The number of nitrogens with zero attached hydrogens (tertiary/aromatic N) is 5. The minimum absolute atomic E-state index is 0.0710. The standard InChI is InChI=1S/C31H30ClF2N7O3/c1-17-25(28(35)41(39-17)24-8-4-5-13-36-24)31(44)22-6-2-3-7-23(22)40(30(31)43)16-18-9-11-20(12-10-18)38-29(42)21-14-19(32)15-37-26(21)27(33)34/h2-8,13-15,18,20,27,44H,9-12,16,35H2,1H3,(H,38,42)/t18-,20-,31?. The number of pyridine rings is 2. The maximum absolute atomic E-state index is 14.1. The van der Waals surface area contributed by atoms with E-state index in [0.29, 0.717) is 55.0 Å². The van der Waals surface area contributed by atoms with Gasteiger partial charge in [-0.15, -0.1) is 0 Å². The van der Waals surface area contributed by atoms with Gasteiger partial charge in [0.1, 0.15) is 11.5 Å². The van der Waals surface area contributed by atoms with Crippen molar-refractivity contribution in [2.45, 2.75) is 50.7 Å². The molecule has 6 rings (SSSR count). The summed E-state index contributed by atoms with van der Waals surface area (Å²) in [6.07, 6.45) is 2.30. The number of fused-ring (bicyclic) bond motifs is 1. The minimum Gasteiger partial charge on any atom is -0.383 e. The molecule has 1 aromatic carbocycles. The fourth-order valence-electron chi connectivity index (χ4n) is 6.32. The lowest BCUT2D eigenvalue weighted by molar-refractivity contribution is -0.132. The number of nitrogens with one attached hydrogen (secondary N) is 1. The van der Waals surface area contributed by atoms with Crippen molar-refractivity contribution in [2.75, 3.05) is 17.2 Å². The quantitative estimate of drug-likeness (QED) is 0.271. The van der Waals surface area contributed by atoms with Crippen molar-refractivity contribution < 1.29 is 23.5 Å². The highest BCUT2D eigenvalue weighted by atomic mass is 35.5. The molecule has 2 amide bonds. The van der Waals surface area contributed by atoms with Gasteiger partial charge in [0, 0.05) is 30.5 Å². The molecule has 1 fully saturated rings.